The smallest absolute Gasteiger partial charge is 0.258 e. The number of benzene rings is 1. The largest absolute Gasteiger partial charge is 0.361 e. The lowest BCUT2D eigenvalue weighted by molar-refractivity contribution is 0.0665. The van der Waals surface area contributed by atoms with Crippen LogP contribution in [0.15, 0.2) is 24.3 Å². The summed E-state index contributed by atoms with van der Waals surface area (Å²) < 4.78 is 1.89. The molecule has 1 aliphatic carbocycles. The van der Waals surface area contributed by atoms with Crippen LogP contribution in [0.25, 0.3) is 0 Å². The van der Waals surface area contributed by atoms with Gasteiger partial charge in [0.1, 0.15) is 6.17 Å². The van der Waals surface area contributed by atoms with Gasteiger partial charge >= 0.3 is 0 Å². The number of para-hydroxylation sites is 1. The molecule has 0 bridgehead atoms. The van der Waals surface area contributed by atoms with E-state index in [0.29, 0.717) is 6.04 Å². The van der Waals surface area contributed by atoms with Gasteiger partial charge in [0.25, 0.3) is 5.91 Å². The van der Waals surface area contributed by atoms with E-state index in [1.54, 1.807) is 0 Å². The van der Waals surface area contributed by atoms with Gasteiger partial charge in [-0.25, -0.2) is 0 Å². The summed E-state index contributed by atoms with van der Waals surface area (Å²) in [5, 5.41) is 8.08. The number of nitrogens with one attached hydrogen (secondary N) is 1. The average molecular weight is 296 g/mol. The number of amides is 1. The van der Waals surface area contributed by atoms with Crippen LogP contribution in [0.2, 0.25) is 0 Å². The van der Waals surface area contributed by atoms with Crippen molar-refractivity contribution in [1.82, 2.24) is 14.7 Å². The van der Waals surface area contributed by atoms with Gasteiger partial charge in [0, 0.05) is 30.0 Å². The highest BCUT2D eigenvalue weighted by Gasteiger charge is 2.43. The Morgan fingerprint density at radius 2 is 1.95 bits per heavy atom. The number of anilines is 1. The summed E-state index contributed by atoms with van der Waals surface area (Å²) >= 11 is 0. The zero-order valence-corrected chi connectivity index (χ0v) is 13.1. The first-order valence-corrected chi connectivity index (χ1v) is 7.76. The molecule has 2 heterocycles. The van der Waals surface area contributed by atoms with Gasteiger partial charge in [-0.1, -0.05) is 12.1 Å². The van der Waals surface area contributed by atoms with Crippen molar-refractivity contribution >= 4 is 11.6 Å². The Morgan fingerprint density at radius 1 is 1.23 bits per heavy atom. The summed E-state index contributed by atoms with van der Waals surface area (Å²) in [6.07, 6.45) is 2.05. The zero-order chi connectivity index (χ0) is 15.4. The predicted molar refractivity (Wildman–Crippen MR) is 84.7 cm³/mol. The van der Waals surface area contributed by atoms with Crippen molar-refractivity contribution in [3.05, 3.63) is 46.8 Å². The van der Waals surface area contributed by atoms with Crippen LogP contribution in [0.3, 0.4) is 0 Å². The quantitative estimate of drug-likeness (QED) is 0.927. The molecule has 1 amide bonds. The van der Waals surface area contributed by atoms with Crippen LogP contribution in [0.4, 0.5) is 5.69 Å². The third-order valence-corrected chi connectivity index (χ3v) is 4.74. The molecule has 1 aromatic carbocycles. The lowest BCUT2D eigenvalue weighted by Crippen LogP contribution is -2.44. The summed E-state index contributed by atoms with van der Waals surface area (Å²) in [4.78, 5) is 15.0. The van der Waals surface area contributed by atoms with E-state index in [1.165, 1.54) is 0 Å². The van der Waals surface area contributed by atoms with Crippen molar-refractivity contribution < 1.29 is 4.79 Å². The minimum atomic E-state index is -0.122. The first kappa shape index (κ1) is 13.4. The Bertz CT molecular complexity index is 760. The molecule has 1 saturated carbocycles. The normalized spacial score (nSPS) is 20.8. The van der Waals surface area contributed by atoms with E-state index >= 15 is 0 Å². The van der Waals surface area contributed by atoms with Crippen LogP contribution in [-0.2, 0) is 7.05 Å². The number of rotatable bonds is 2. The number of aryl methyl sites for hydroxylation is 2. The Hall–Kier alpha value is -2.30. The number of aromatic nitrogens is 2. The monoisotopic (exact) mass is 296 g/mol. The molecule has 1 aromatic heterocycles. The van der Waals surface area contributed by atoms with E-state index in [-0.39, 0.29) is 12.1 Å². The van der Waals surface area contributed by atoms with Crippen molar-refractivity contribution in [2.24, 2.45) is 7.05 Å². The molecule has 5 heteroatoms. The molecule has 22 heavy (non-hydrogen) atoms. The molecule has 5 nitrogen and oxygen atoms in total. The molecule has 0 spiro atoms. The van der Waals surface area contributed by atoms with E-state index < -0.39 is 0 Å². The van der Waals surface area contributed by atoms with Crippen molar-refractivity contribution in [3.63, 3.8) is 0 Å². The Kier molecular flexibility index (Phi) is 2.79. The van der Waals surface area contributed by atoms with Gasteiger partial charge in [-0.2, -0.15) is 5.10 Å². The van der Waals surface area contributed by atoms with Crippen molar-refractivity contribution in [2.45, 2.75) is 38.9 Å². The van der Waals surface area contributed by atoms with E-state index in [2.05, 4.69) is 17.3 Å². The SMILES string of the molecule is Cc1nn(C)c(C)c1C1Nc2ccccc2C(=O)N1C1CC1. The molecule has 1 unspecified atom stereocenters. The lowest BCUT2D eigenvalue weighted by atomic mass is 10.0. The molecular weight excluding hydrogens is 276 g/mol. The predicted octanol–water partition coefficient (Wildman–Crippen LogP) is 2.77. The van der Waals surface area contributed by atoms with Crippen LogP contribution < -0.4 is 5.32 Å². The molecule has 1 aliphatic heterocycles. The molecule has 1 atom stereocenters. The summed E-state index contributed by atoms with van der Waals surface area (Å²) in [7, 11) is 1.95. The van der Waals surface area contributed by atoms with Crippen LogP contribution in [-0.4, -0.2) is 26.6 Å². The molecule has 1 N–H and O–H groups in total. The minimum Gasteiger partial charge on any atom is -0.361 e. The van der Waals surface area contributed by atoms with Gasteiger partial charge in [0.05, 0.1) is 11.3 Å². The van der Waals surface area contributed by atoms with Crippen LogP contribution in [0.1, 0.15) is 46.3 Å². The van der Waals surface area contributed by atoms with E-state index in [9.17, 15) is 4.79 Å². The van der Waals surface area contributed by atoms with Gasteiger partial charge < -0.3 is 10.2 Å². The second-order valence-electron chi connectivity index (χ2n) is 6.24. The molecular formula is C17H20N4O. The molecule has 1 fully saturated rings. The summed E-state index contributed by atoms with van der Waals surface area (Å²) in [6, 6.07) is 8.11. The molecule has 2 aromatic rings. The third kappa shape index (κ3) is 1.85. The van der Waals surface area contributed by atoms with Gasteiger partial charge in [0.15, 0.2) is 0 Å². The Morgan fingerprint density at radius 3 is 2.59 bits per heavy atom. The highest BCUT2D eigenvalue weighted by molar-refractivity contribution is 6.02. The van der Waals surface area contributed by atoms with E-state index in [4.69, 9.17) is 0 Å². The number of carbonyl (C=O) groups is 1. The second kappa shape index (κ2) is 4.60. The standard InChI is InChI=1S/C17H20N4O/c1-10-15(11(2)20(3)19-10)16-18-14-7-5-4-6-13(14)17(22)21(16)12-8-9-12/h4-7,12,16,18H,8-9H2,1-3H3. The number of hydrogen-bond acceptors (Lipinski definition) is 3. The van der Waals surface area contributed by atoms with E-state index in [0.717, 1.165) is 41.0 Å². The number of nitrogens with zero attached hydrogens (tertiary/aromatic N) is 3. The number of carbonyl (C=O) groups excluding carboxylic acids is 1. The highest BCUT2D eigenvalue weighted by Crippen LogP contribution is 2.41. The van der Waals surface area contributed by atoms with Gasteiger partial charge in [-0.15, -0.1) is 0 Å². The maximum absolute atomic E-state index is 13.0. The van der Waals surface area contributed by atoms with Gasteiger partial charge in [-0.05, 0) is 38.8 Å². The van der Waals surface area contributed by atoms with Crippen LogP contribution >= 0.6 is 0 Å². The first-order valence-electron chi connectivity index (χ1n) is 7.76. The Labute approximate surface area is 129 Å². The number of fused-ring (bicyclic) bond motifs is 1. The van der Waals surface area contributed by atoms with Crippen molar-refractivity contribution in [1.29, 1.82) is 0 Å². The lowest BCUT2D eigenvalue weighted by Gasteiger charge is -2.38. The molecule has 0 saturated heterocycles. The summed E-state index contributed by atoms with van der Waals surface area (Å²) in [6.45, 7) is 4.08. The topological polar surface area (TPSA) is 50.2 Å². The first-order chi connectivity index (χ1) is 10.6. The maximum atomic E-state index is 13.0. The molecule has 4 rings (SSSR count). The fourth-order valence-corrected chi connectivity index (χ4v) is 3.39. The Balaban J connectivity index is 1.86. The summed E-state index contributed by atoms with van der Waals surface area (Å²) in [5.41, 5.74) is 4.89. The maximum Gasteiger partial charge on any atom is 0.258 e. The zero-order valence-electron chi connectivity index (χ0n) is 13.1. The fourth-order valence-electron chi connectivity index (χ4n) is 3.39. The third-order valence-electron chi connectivity index (χ3n) is 4.74. The average Bonchev–Trinajstić information content (AvgIpc) is 3.28. The molecule has 2 aliphatic rings. The highest BCUT2D eigenvalue weighted by atomic mass is 16.2. The summed E-state index contributed by atoms with van der Waals surface area (Å²) in [5.74, 6) is 0.129. The molecule has 0 radical (unpaired) electrons. The fraction of sp³-hybridized carbons (Fsp3) is 0.412. The number of hydrogen-bond donors (Lipinski definition) is 1. The van der Waals surface area contributed by atoms with Crippen molar-refractivity contribution in [3.8, 4) is 0 Å². The van der Waals surface area contributed by atoms with Gasteiger partial charge in [0.2, 0.25) is 0 Å². The van der Waals surface area contributed by atoms with E-state index in [1.807, 2.05) is 47.8 Å². The molecule has 114 valence electrons. The van der Waals surface area contributed by atoms with Gasteiger partial charge in [-0.3, -0.25) is 9.48 Å². The van der Waals surface area contributed by atoms with Crippen molar-refractivity contribution in [2.75, 3.05) is 5.32 Å². The minimum absolute atomic E-state index is 0.122. The van der Waals surface area contributed by atoms with Crippen LogP contribution in [0.5, 0.6) is 0 Å². The second-order valence-corrected chi connectivity index (χ2v) is 6.24. The van der Waals surface area contributed by atoms with Crippen LogP contribution in [0, 0.1) is 13.8 Å².